The molecule has 4 aromatic rings. The number of hydrogen-bond acceptors (Lipinski definition) is 7. The van der Waals surface area contributed by atoms with E-state index in [9.17, 15) is 9.59 Å². The van der Waals surface area contributed by atoms with Gasteiger partial charge in [-0.15, -0.1) is 21.5 Å². The minimum atomic E-state index is -0.459. The summed E-state index contributed by atoms with van der Waals surface area (Å²) < 4.78 is 7.04. The summed E-state index contributed by atoms with van der Waals surface area (Å²) >= 11 is 2.63. The molecule has 0 aliphatic heterocycles. The monoisotopic (exact) mass is 478 g/mol. The molecule has 0 bridgehead atoms. The van der Waals surface area contributed by atoms with Crippen molar-refractivity contribution in [3.8, 4) is 21.8 Å². The molecule has 0 aliphatic rings. The molecule has 2 aromatic carbocycles. The molecular formula is C24H22N4O3S2. The molecule has 4 rings (SSSR count). The maximum Gasteiger partial charge on any atom is 0.341 e. The lowest BCUT2D eigenvalue weighted by atomic mass is 10.1. The van der Waals surface area contributed by atoms with Crippen molar-refractivity contribution in [1.29, 1.82) is 0 Å². The highest BCUT2D eigenvalue weighted by Gasteiger charge is 2.20. The molecule has 0 atom stereocenters. The van der Waals surface area contributed by atoms with Crippen LogP contribution in [0.2, 0.25) is 0 Å². The van der Waals surface area contributed by atoms with Crippen molar-refractivity contribution in [2.45, 2.75) is 12.1 Å². The number of hydrogen-bond donors (Lipinski definition) is 1. The summed E-state index contributed by atoms with van der Waals surface area (Å²) in [6.45, 7) is 2.01. The third kappa shape index (κ3) is 5.32. The molecule has 2 heterocycles. The predicted octanol–water partition coefficient (Wildman–Crippen LogP) is 5.12. The van der Waals surface area contributed by atoms with E-state index < -0.39 is 5.97 Å². The van der Waals surface area contributed by atoms with E-state index in [1.165, 1.54) is 23.1 Å². The number of rotatable bonds is 8. The van der Waals surface area contributed by atoms with Crippen molar-refractivity contribution < 1.29 is 14.3 Å². The van der Waals surface area contributed by atoms with Crippen LogP contribution in [0.5, 0.6) is 0 Å². The van der Waals surface area contributed by atoms with Crippen LogP contribution in [-0.4, -0.2) is 39.0 Å². The zero-order valence-corrected chi connectivity index (χ0v) is 19.8. The summed E-state index contributed by atoms with van der Waals surface area (Å²) in [5, 5.41) is 12.4. The molecule has 0 fully saturated rings. The van der Waals surface area contributed by atoms with Crippen LogP contribution in [0.25, 0.3) is 21.8 Å². The smallest absolute Gasteiger partial charge is 0.341 e. The zero-order chi connectivity index (χ0) is 23.2. The minimum Gasteiger partial charge on any atom is -0.462 e. The average molecular weight is 479 g/mol. The van der Waals surface area contributed by atoms with Gasteiger partial charge in [-0.25, -0.2) is 4.79 Å². The van der Waals surface area contributed by atoms with Crippen LogP contribution < -0.4 is 5.32 Å². The predicted molar refractivity (Wildman–Crippen MR) is 132 cm³/mol. The molecule has 0 saturated heterocycles. The third-order valence-corrected chi connectivity index (χ3v) is 6.86. The molecule has 2 aromatic heterocycles. The molecule has 0 unspecified atom stereocenters. The topological polar surface area (TPSA) is 86.1 Å². The highest BCUT2D eigenvalue weighted by molar-refractivity contribution is 7.99. The molecule has 1 amide bonds. The Kier molecular flexibility index (Phi) is 7.21. The van der Waals surface area contributed by atoms with E-state index >= 15 is 0 Å². The van der Waals surface area contributed by atoms with Gasteiger partial charge in [0.1, 0.15) is 5.00 Å². The van der Waals surface area contributed by atoms with Crippen molar-refractivity contribution >= 4 is 40.0 Å². The Hall–Kier alpha value is -3.43. The summed E-state index contributed by atoms with van der Waals surface area (Å²) in [7, 11) is 1.87. The van der Waals surface area contributed by atoms with E-state index in [-0.39, 0.29) is 18.3 Å². The van der Waals surface area contributed by atoms with E-state index in [1.54, 1.807) is 13.0 Å². The SMILES string of the molecule is CCOC(=O)c1cc(-c2ccccc2)sc1NC(=O)CSc1nnc(-c2ccccc2)n1C. The maximum atomic E-state index is 12.7. The number of nitrogens with zero attached hydrogens (tertiary/aromatic N) is 3. The number of thiophene rings is 1. The van der Waals surface area contributed by atoms with E-state index in [1.807, 2.05) is 72.3 Å². The fourth-order valence-corrected chi connectivity index (χ4v) is 4.94. The molecular weight excluding hydrogens is 456 g/mol. The second kappa shape index (κ2) is 10.5. The quantitative estimate of drug-likeness (QED) is 0.279. The Bertz CT molecular complexity index is 1250. The Labute approximate surface area is 199 Å². The molecule has 9 heteroatoms. The minimum absolute atomic E-state index is 0.127. The molecule has 33 heavy (non-hydrogen) atoms. The van der Waals surface area contributed by atoms with Gasteiger partial charge >= 0.3 is 5.97 Å². The van der Waals surface area contributed by atoms with Gasteiger partial charge in [0, 0.05) is 17.5 Å². The van der Waals surface area contributed by atoms with Crippen LogP contribution in [0.1, 0.15) is 17.3 Å². The average Bonchev–Trinajstić information content (AvgIpc) is 3.42. The first-order chi connectivity index (χ1) is 16.1. The summed E-state index contributed by atoms with van der Waals surface area (Å²) in [5.41, 5.74) is 2.27. The number of thioether (sulfide) groups is 1. The zero-order valence-electron chi connectivity index (χ0n) is 18.1. The van der Waals surface area contributed by atoms with Gasteiger partial charge in [0.05, 0.1) is 17.9 Å². The van der Waals surface area contributed by atoms with E-state index in [4.69, 9.17) is 4.74 Å². The Morgan fingerprint density at radius 3 is 2.36 bits per heavy atom. The lowest BCUT2D eigenvalue weighted by Gasteiger charge is -2.06. The van der Waals surface area contributed by atoms with E-state index in [0.29, 0.717) is 15.7 Å². The Morgan fingerprint density at radius 2 is 1.70 bits per heavy atom. The number of ether oxygens (including phenoxy) is 1. The van der Waals surface area contributed by atoms with Crippen LogP contribution in [0, 0.1) is 0 Å². The van der Waals surface area contributed by atoms with Crippen LogP contribution in [-0.2, 0) is 16.6 Å². The number of carbonyl (C=O) groups is 2. The summed E-state index contributed by atoms with van der Waals surface area (Å²) in [6.07, 6.45) is 0. The van der Waals surface area contributed by atoms with E-state index in [2.05, 4.69) is 15.5 Å². The standard InChI is InChI=1S/C24H22N4O3S2/c1-3-31-23(30)18-14-19(16-10-6-4-7-11-16)33-22(18)25-20(29)15-32-24-27-26-21(28(24)2)17-12-8-5-9-13-17/h4-14H,3,15H2,1-2H3,(H,25,29). The number of aromatic nitrogens is 3. The highest BCUT2D eigenvalue weighted by Crippen LogP contribution is 2.36. The molecule has 0 saturated carbocycles. The van der Waals surface area contributed by atoms with Crippen molar-refractivity contribution in [3.63, 3.8) is 0 Å². The number of amides is 1. The Morgan fingerprint density at radius 1 is 1.03 bits per heavy atom. The van der Waals surface area contributed by atoms with Crippen LogP contribution in [0.3, 0.4) is 0 Å². The van der Waals surface area contributed by atoms with Gasteiger partial charge in [0.15, 0.2) is 11.0 Å². The van der Waals surface area contributed by atoms with Crippen molar-refractivity contribution in [2.24, 2.45) is 7.05 Å². The van der Waals surface area contributed by atoms with Crippen LogP contribution in [0.15, 0.2) is 71.9 Å². The maximum absolute atomic E-state index is 12.7. The van der Waals surface area contributed by atoms with Crippen LogP contribution >= 0.6 is 23.1 Å². The largest absolute Gasteiger partial charge is 0.462 e. The van der Waals surface area contributed by atoms with Crippen LogP contribution in [0.4, 0.5) is 5.00 Å². The summed E-state index contributed by atoms with van der Waals surface area (Å²) in [6, 6.07) is 21.2. The Balaban J connectivity index is 1.48. The van der Waals surface area contributed by atoms with Crippen molar-refractivity contribution in [1.82, 2.24) is 14.8 Å². The first-order valence-electron chi connectivity index (χ1n) is 10.3. The fraction of sp³-hybridized carbons (Fsp3) is 0.167. The lowest BCUT2D eigenvalue weighted by molar-refractivity contribution is -0.113. The van der Waals surface area contributed by atoms with Gasteiger partial charge in [-0.2, -0.15) is 0 Å². The number of esters is 1. The highest BCUT2D eigenvalue weighted by atomic mass is 32.2. The number of nitrogens with one attached hydrogen (secondary N) is 1. The molecule has 1 N–H and O–H groups in total. The first-order valence-corrected chi connectivity index (χ1v) is 12.1. The fourth-order valence-electron chi connectivity index (χ4n) is 3.16. The lowest BCUT2D eigenvalue weighted by Crippen LogP contribution is -2.16. The molecule has 0 radical (unpaired) electrons. The van der Waals surface area contributed by atoms with Gasteiger partial charge in [0.2, 0.25) is 5.91 Å². The second-order valence-electron chi connectivity index (χ2n) is 7.01. The van der Waals surface area contributed by atoms with Gasteiger partial charge in [-0.1, -0.05) is 72.4 Å². The number of benzene rings is 2. The number of carbonyl (C=O) groups excluding carboxylic acids is 2. The first kappa shape index (κ1) is 22.8. The van der Waals surface area contributed by atoms with Crippen molar-refractivity contribution in [2.75, 3.05) is 17.7 Å². The normalized spacial score (nSPS) is 10.7. The molecule has 0 aliphatic carbocycles. The molecule has 168 valence electrons. The number of anilines is 1. The van der Waals surface area contributed by atoms with Gasteiger partial charge in [-0.05, 0) is 18.6 Å². The van der Waals surface area contributed by atoms with Gasteiger partial charge in [-0.3, -0.25) is 4.79 Å². The molecule has 0 spiro atoms. The van der Waals surface area contributed by atoms with Gasteiger partial charge in [0.25, 0.3) is 0 Å². The second-order valence-corrected chi connectivity index (χ2v) is 9.00. The summed E-state index contributed by atoms with van der Waals surface area (Å²) in [4.78, 5) is 26.1. The van der Waals surface area contributed by atoms with E-state index in [0.717, 1.165) is 21.8 Å². The van der Waals surface area contributed by atoms with Crippen molar-refractivity contribution in [3.05, 3.63) is 72.3 Å². The third-order valence-electron chi connectivity index (χ3n) is 4.74. The molecule has 7 nitrogen and oxygen atoms in total. The summed E-state index contributed by atoms with van der Waals surface area (Å²) in [5.74, 6) is 0.159. The van der Waals surface area contributed by atoms with Gasteiger partial charge < -0.3 is 14.6 Å².